The highest BCUT2D eigenvalue weighted by Gasteiger charge is 2.53. The fourth-order valence-electron chi connectivity index (χ4n) is 6.31. The van der Waals surface area contributed by atoms with E-state index >= 15 is 0 Å². The minimum absolute atomic E-state index is 0.254. The summed E-state index contributed by atoms with van der Waals surface area (Å²) < 4.78 is 0. The minimum Gasteiger partial charge on any atom is -0.343 e. The number of piperidine rings is 1. The quantitative estimate of drug-likeness (QED) is 0.866. The van der Waals surface area contributed by atoms with E-state index < -0.39 is 0 Å². The first-order chi connectivity index (χ1) is 10.7. The van der Waals surface area contributed by atoms with Crippen LogP contribution in [0.2, 0.25) is 0 Å². The Morgan fingerprint density at radius 3 is 2.59 bits per heavy atom. The Labute approximate surface area is 135 Å². The van der Waals surface area contributed by atoms with Crippen molar-refractivity contribution < 1.29 is 4.79 Å². The summed E-state index contributed by atoms with van der Waals surface area (Å²) in [4.78, 5) is 13.4. The maximum absolute atomic E-state index is 11.4. The molecule has 1 amide bonds. The van der Waals surface area contributed by atoms with E-state index in [-0.39, 0.29) is 5.91 Å². The zero-order valence-corrected chi connectivity index (χ0v) is 14.1. The number of carbonyl (C=O) groups is 1. The highest BCUT2D eigenvalue weighted by Crippen LogP contribution is 2.58. The van der Waals surface area contributed by atoms with Gasteiger partial charge < -0.3 is 10.2 Å². The molecule has 0 unspecified atom stereocenters. The first kappa shape index (κ1) is 15.0. The van der Waals surface area contributed by atoms with Crippen LogP contribution in [0.1, 0.15) is 58.3 Å². The Morgan fingerprint density at radius 2 is 1.82 bits per heavy atom. The van der Waals surface area contributed by atoms with E-state index in [4.69, 9.17) is 0 Å². The smallest absolute Gasteiger partial charge is 0.219 e. The van der Waals surface area contributed by atoms with E-state index in [0.717, 1.165) is 48.7 Å². The molecule has 4 aliphatic rings. The van der Waals surface area contributed by atoms with Crippen molar-refractivity contribution in [2.45, 2.75) is 64.3 Å². The van der Waals surface area contributed by atoms with Crippen LogP contribution >= 0.6 is 0 Å². The van der Waals surface area contributed by atoms with Crippen LogP contribution in [0.4, 0.5) is 0 Å². The van der Waals surface area contributed by atoms with Gasteiger partial charge in [-0.3, -0.25) is 4.79 Å². The van der Waals surface area contributed by atoms with Gasteiger partial charge in [-0.05, 0) is 81.1 Å². The van der Waals surface area contributed by atoms with Crippen molar-refractivity contribution in [3.05, 3.63) is 0 Å². The SMILES string of the molecule is CC(=O)N1CCC(CCN[C@@H]2C[C@H]3C[C@H]2[C@@H]2CCC[C@@H]32)CC1. The van der Waals surface area contributed by atoms with Gasteiger partial charge in [0.15, 0.2) is 0 Å². The van der Waals surface area contributed by atoms with Crippen LogP contribution in [0.5, 0.6) is 0 Å². The average Bonchev–Trinajstić information content (AvgIpc) is 3.20. The van der Waals surface area contributed by atoms with Crippen LogP contribution < -0.4 is 5.32 Å². The monoisotopic (exact) mass is 304 g/mol. The van der Waals surface area contributed by atoms with Gasteiger partial charge in [0, 0.05) is 26.1 Å². The lowest BCUT2D eigenvalue weighted by molar-refractivity contribution is -0.130. The second-order valence-electron chi connectivity index (χ2n) is 8.45. The molecule has 124 valence electrons. The molecule has 1 heterocycles. The molecular formula is C19H32N2O. The predicted molar refractivity (Wildman–Crippen MR) is 88.4 cm³/mol. The van der Waals surface area contributed by atoms with E-state index in [1.165, 1.54) is 57.9 Å². The van der Waals surface area contributed by atoms with E-state index in [1.807, 2.05) is 4.90 Å². The van der Waals surface area contributed by atoms with Gasteiger partial charge in [-0.1, -0.05) is 6.42 Å². The third-order valence-corrected chi connectivity index (χ3v) is 7.45. The summed E-state index contributed by atoms with van der Waals surface area (Å²) in [5, 5.41) is 3.93. The summed E-state index contributed by atoms with van der Waals surface area (Å²) in [7, 11) is 0. The summed E-state index contributed by atoms with van der Waals surface area (Å²) in [5.74, 6) is 5.35. The standard InChI is InChI=1S/C19H32N2O/c1-13(22)21-9-6-14(7-10-21)5-8-20-19-12-15-11-18(19)17-4-2-3-16(15)17/h14-20H,2-12H2,1H3/t15-,16+,17-,18+,19-/m1/s1. The summed E-state index contributed by atoms with van der Waals surface area (Å²) in [6, 6.07) is 0.835. The Kier molecular flexibility index (Phi) is 4.19. The van der Waals surface area contributed by atoms with E-state index in [1.54, 1.807) is 6.92 Å². The largest absolute Gasteiger partial charge is 0.343 e. The van der Waals surface area contributed by atoms with Crippen LogP contribution in [0.3, 0.4) is 0 Å². The Hall–Kier alpha value is -0.570. The average molecular weight is 304 g/mol. The van der Waals surface area contributed by atoms with Gasteiger partial charge in [0.1, 0.15) is 0 Å². The third kappa shape index (κ3) is 2.70. The second kappa shape index (κ2) is 6.14. The minimum atomic E-state index is 0.254. The number of hydrogen-bond donors (Lipinski definition) is 1. The molecule has 0 radical (unpaired) electrons. The van der Waals surface area contributed by atoms with Gasteiger partial charge in [0.05, 0.1) is 0 Å². The first-order valence-corrected chi connectivity index (χ1v) is 9.71. The number of amides is 1. The Morgan fingerprint density at radius 1 is 1.05 bits per heavy atom. The van der Waals surface area contributed by atoms with E-state index in [2.05, 4.69) is 5.32 Å². The Balaban J connectivity index is 1.18. The normalized spacial score (nSPS) is 41.1. The number of nitrogens with one attached hydrogen (secondary N) is 1. The van der Waals surface area contributed by atoms with Gasteiger partial charge in [-0.15, -0.1) is 0 Å². The maximum Gasteiger partial charge on any atom is 0.219 e. The summed E-state index contributed by atoms with van der Waals surface area (Å²) in [6.07, 6.45) is 11.3. The lowest BCUT2D eigenvalue weighted by Crippen LogP contribution is -2.41. The maximum atomic E-state index is 11.4. The molecule has 4 fully saturated rings. The predicted octanol–water partition coefficient (Wildman–Crippen LogP) is 3.05. The van der Waals surface area contributed by atoms with Gasteiger partial charge in [0.25, 0.3) is 0 Å². The highest BCUT2D eigenvalue weighted by molar-refractivity contribution is 5.73. The lowest BCUT2D eigenvalue weighted by atomic mass is 9.79. The van der Waals surface area contributed by atoms with Crippen molar-refractivity contribution in [3.63, 3.8) is 0 Å². The fraction of sp³-hybridized carbons (Fsp3) is 0.947. The Bertz CT molecular complexity index is 416. The molecule has 2 bridgehead atoms. The van der Waals surface area contributed by atoms with Crippen molar-refractivity contribution in [2.75, 3.05) is 19.6 Å². The van der Waals surface area contributed by atoms with E-state index in [9.17, 15) is 4.79 Å². The van der Waals surface area contributed by atoms with Crippen molar-refractivity contribution >= 4 is 5.91 Å². The van der Waals surface area contributed by atoms with Gasteiger partial charge in [-0.2, -0.15) is 0 Å². The van der Waals surface area contributed by atoms with Crippen molar-refractivity contribution in [2.24, 2.45) is 29.6 Å². The molecule has 0 aromatic heterocycles. The summed E-state index contributed by atoms with van der Waals surface area (Å²) in [5.41, 5.74) is 0. The number of nitrogens with zero attached hydrogens (tertiary/aromatic N) is 1. The molecule has 0 aromatic carbocycles. The fourth-order valence-corrected chi connectivity index (χ4v) is 6.31. The number of carbonyl (C=O) groups excluding carboxylic acids is 1. The van der Waals surface area contributed by atoms with Crippen LogP contribution in [0, 0.1) is 29.6 Å². The van der Waals surface area contributed by atoms with Crippen LogP contribution in [0.15, 0.2) is 0 Å². The summed E-state index contributed by atoms with van der Waals surface area (Å²) in [6.45, 7) is 4.87. The number of likely N-dealkylation sites (tertiary alicyclic amines) is 1. The second-order valence-corrected chi connectivity index (χ2v) is 8.45. The highest BCUT2D eigenvalue weighted by atomic mass is 16.2. The molecule has 5 atom stereocenters. The molecule has 0 aromatic rings. The van der Waals surface area contributed by atoms with E-state index in [0.29, 0.717) is 0 Å². The molecule has 3 aliphatic carbocycles. The molecular weight excluding hydrogens is 272 g/mol. The van der Waals surface area contributed by atoms with Crippen LogP contribution in [0.25, 0.3) is 0 Å². The number of rotatable bonds is 4. The van der Waals surface area contributed by atoms with Gasteiger partial charge in [0.2, 0.25) is 5.91 Å². The molecule has 3 heteroatoms. The topological polar surface area (TPSA) is 32.3 Å². The molecule has 0 spiro atoms. The van der Waals surface area contributed by atoms with Gasteiger partial charge in [-0.25, -0.2) is 0 Å². The van der Waals surface area contributed by atoms with Crippen molar-refractivity contribution in [1.82, 2.24) is 10.2 Å². The third-order valence-electron chi connectivity index (χ3n) is 7.45. The lowest BCUT2D eigenvalue weighted by Gasteiger charge is -2.34. The summed E-state index contributed by atoms with van der Waals surface area (Å²) >= 11 is 0. The molecule has 1 N–H and O–H groups in total. The zero-order valence-electron chi connectivity index (χ0n) is 14.1. The molecule has 1 aliphatic heterocycles. The molecule has 4 rings (SSSR count). The first-order valence-electron chi connectivity index (χ1n) is 9.71. The molecule has 3 nitrogen and oxygen atoms in total. The molecule has 1 saturated heterocycles. The van der Waals surface area contributed by atoms with Gasteiger partial charge >= 0.3 is 0 Å². The van der Waals surface area contributed by atoms with Crippen molar-refractivity contribution in [1.29, 1.82) is 0 Å². The van der Waals surface area contributed by atoms with Crippen LogP contribution in [-0.4, -0.2) is 36.5 Å². The van der Waals surface area contributed by atoms with Crippen LogP contribution in [-0.2, 0) is 4.79 Å². The number of fused-ring (bicyclic) bond motifs is 5. The van der Waals surface area contributed by atoms with Crippen molar-refractivity contribution in [3.8, 4) is 0 Å². The molecule has 3 saturated carbocycles. The number of hydrogen-bond acceptors (Lipinski definition) is 2. The molecule has 22 heavy (non-hydrogen) atoms. The zero-order chi connectivity index (χ0) is 15.1.